The third-order valence-electron chi connectivity index (χ3n) is 3.65. The summed E-state index contributed by atoms with van der Waals surface area (Å²) in [5.74, 6) is 5.36. The van der Waals surface area contributed by atoms with E-state index < -0.39 is 10.0 Å². The predicted molar refractivity (Wildman–Crippen MR) is 77.7 cm³/mol. The number of rotatable bonds is 3. The molecule has 0 saturated heterocycles. The summed E-state index contributed by atoms with van der Waals surface area (Å²) in [5, 5.41) is 8.68. The molecule has 20 heavy (non-hydrogen) atoms. The van der Waals surface area contributed by atoms with Crippen molar-refractivity contribution in [3.63, 3.8) is 0 Å². The van der Waals surface area contributed by atoms with Crippen LogP contribution in [0, 0.1) is 18.8 Å². The summed E-state index contributed by atoms with van der Waals surface area (Å²) in [4.78, 5) is 0.262. The number of hydrogen-bond donors (Lipinski definition) is 2. The van der Waals surface area contributed by atoms with Gasteiger partial charge in [-0.2, -0.15) is 0 Å². The lowest BCUT2D eigenvalue weighted by Crippen LogP contribution is -2.50. The van der Waals surface area contributed by atoms with E-state index in [2.05, 4.69) is 16.6 Å². The molecule has 0 bridgehead atoms. The second-order valence-corrected chi connectivity index (χ2v) is 7.14. The zero-order chi connectivity index (χ0) is 14.8. The average Bonchev–Trinajstić information content (AvgIpc) is 2.35. The van der Waals surface area contributed by atoms with Gasteiger partial charge in [-0.25, -0.2) is 13.1 Å². The van der Waals surface area contributed by atoms with E-state index in [-0.39, 0.29) is 17.0 Å². The van der Waals surface area contributed by atoms with Crippen LogP contribution in [0.3, 0.4) is 0 Å². The summed E-state index contributed by atoms with van der Waals surface area (Å²) < 4.78 is 27.4. The van der Waals surface area contributed by atoms with Crippen LogP contribution in [-0.2, 0) is 10.0 Å². The lowest BCUT2D eigenvalue weighted by molar-refractivity contribution is 0.248. The van der Waals surface area contributed by atoms with E-state index >= 15 is 0 Å². The van der Waals surface area contributed by atoms with E-state index in [1.165, 1.54) is 0 Å². The van der Waals surface area contributed by atoms with Crippen molar-refractivity contribution in [2.24, 2.45) is 0 Å². The fraction of sp³-hybridized carbons (Fsp3) is 0.467. The van der Waals surface area contributed by atoms with Crippen molar-refractivity contribution in [3.8, 4) is 11.8 Å². The SMILES string of the molecule is Cc1cc(S(=O)(=O)NC2(C)CCC2)ccc1C#CCO. The molecule has 0 aromatic heterocycles. The maximum absolute atomic E-state index is 12.3. The van der Waals surface area contributed by atoms with Gasteiger partial charge in [0.1, 0.15) is 6.61 Å². The fourth-order valence-corrected chi connectivity index (χ4v) is 3.82. The van der Waals surface area contributed by atoms with Gasteiger partial charge in [-0.15, -0.1) is 0 Å². The zero-order valence-electron chi connectivity index (χ0n) is 11.7. The molecule has 0 aliphatic heterocycles. The van der Waals surface area contributed by atoms with Crippen LogP contribution < -0.4 is 4.72 Å². The number of aliphatic hydroxyl groups excluding tert-OH is 1. The standard InChI is InChI=1S/C15H19NO3S/c1-12-11-14(7-6-13(12)5-3-10-17)20(18,19)16-15(2)8-4-9-15/h6-7,11,16-17H,4,8-10H2,1-2H3. The van der Waals surface area contributed by atoms with Crippen molar-refractivity contribution in [2.75, 3.05) is 6.61 Å². The number of nitrogens with one attached hydrogen (secondary N) is 1. The first kappa shape index (κ1) is 15.0. The molecule has 5 heteroatoms. The lowest BCUT2D eigenvalue weighted by atomic mass is 9.80. The summed E-state index contributed by atoms with van der Waals surface area (Å²) >= 11 is 0. The Labute approximate surface area is 120 Å². The van der Waals surface area contributed by atoms with Crippen LogP contribution in [-0.4, -0.2) is 25.7 Å². The molecule has 2 N–H and O–H groups in total. The normalized spacial score (nSPS) is 16.9. The second kappa shape index (κ2) is 5.57. The van der Waals surface area contributed by atoms with E-state index in [9.17, 15) is 8.42 Å². The molecule has 0 spiro atoms. The molecule has 1 aromatic rings. The lowest BCUT2D eigenvalue weighted by Gasteiger charge is -2.38. The minimum atomic E-state index is -3.49. The minimum Gasteiger partial charge on any atom is -0.384 e. The molecule has 108 valence electrons. The Morgan fingerprint density at radius 1 is 1.40 bits per heavy atom. The summed E-state index contributed by atoms with van der Waals surface area (Å²) in [5.41, 5.74) is 1.21. The summed E-state index contributed by atoms with van der Waals surface area (Å²) in [7, 11) is -3.49. The third-order valence-corrected chi connectivity index (χ3v) is 5.28. The van der Waals surface area contributed by atoms with E-state index in [1.54, 1.807) is 18.2 Å². The van der Waals surface area contributed by atoms with Crippen LogP contribution >= 0.6 is 0 Å². The zero-order valence-corrected chi connectivity index (χ0v) is 12.5. The number of hydrogen-bond acceptors (Lipinski definition) is 3. The first-order valence-corrected chi connectivity index (χ1v) is 8.09. The highest BCUT2D eigenvalue weighted by molar-refractivity contribution is 7.89. The molecule has 0 unspecified atom stereocenters. The van der Waals surface area contributed by atoms with Crippen molar-refractivity contribution in [3.05, 3.63) is 29.3 Å². The Morgan fingerprint density at radius 3 is 2.60 bits per heavy atom. The van der Waals surface area contributed by atoms with E-state index in [1.807, 2.05) is 13.8 Å². The van der Waals surface area contributed by atoms with Crippen molar-refractivity contribution < 1.29 is 13.5 Å². The maximum Gasteiger partial charge on any atom is 0.241 e. The van der Waals surface area contributed by atoms with Gasteiger partial charge in [0.05, 0.1) is 4.90 Å². The highest BCUT2D eigenvalue weighted by Crippen LogP contribution is 2.32. The molecule has 2 rings (SSSR count). The van der Waals surface area contributed by atoms with Gasteiger partial charge in [-0.1, -0.05) is 11.8 Å². The largest absolute Gasteiger partial charge is 0.384 e. The Morgan fingerprint density at radius 2 is 2.10 bits per heavy atom. The highest BCUT2D eigenvalue weighted by atomic mass is 32.2. The first-order valence-electron chi connectivity index (χ1n) is 6.61. The van der Waals surface area contributed by atoms with Crippen molar-refractivity contribution in [1.29, 1.82) is 0 Å². The quantitative estimate of drug-likeness (QED) is 0.831. The van der Waals surface area contributed by atoms with Gasteiger partial charge < -0.3 is 5.11 Å². The van der Waals surface area contributed by atoms with Gasteiger partial charge in [0.25, 0.3) is 0 Å². The van der Waals surface area contributed by atoms with Crippen LogP contribution in [0.15, 0.2) is 23.1 Å². The number of aliphatic hydroxyl groups is 1. The molecule has 0 radical (unpaired) electrons. The van der Waals surface area contributed by atoms with Gasteiger partial charge >= 0.3 is 0 Å². The third kappa shape index (κ3) is 3.21. The van der Waals surface area contributed by atoms with Crippen molar-refractivity contribution >= 4 is 10.0 Å². The molecule has 4 nitrogen and oxygen atoms in total. The molecule has 0 amide bonds. The summed E-state index contributed by atoms with van der Waals surface area (Å²) in [6.45, 7) is 3.53. The van der Waals surface area contributed by atoms with Gasteiger partial charge in [0, 0.05) is 11.1 Å². The average molecular weight is 293 g/mol. The second-order valence-electron chi connectivity index (χ2n) is 5.46. The number of aryl methyl sites for hydroxylation is 1. The molecule has 0 atom stereocenters. The molecule has 0 heterocycles. The monoisotopic (exact) mass is 293 g/mol. The fourth-order valence-electron chi connectivity index (χ4n) is 2.27. The Balaban J connectivity index is 2.26. The molecule has 1 saturated carbocycles. The number of benzene rings is 1. The summed E-state index contributed by atoms with van der Waals surface area (Å²) in [6.07, 6.45) is 2.82. The van der Waals surface area contributed by atoms with Gasteiger partial charge in [0.2, 0.25) is 10.0 Å². The van der Waals surface area contributed by atoms with Crippen LogP contribution in [0.5, 0.6) is 0 Å². The topological polar surface area (TPSA) is 66.4 Å². The van der Waals surface area contributed by atoms with E-state index in [0.717, 1.165) is 30.4 Å². The maximum atomic E-state index is 12.3. The van der Waals surface area contributed by atoms with Crippen LogP contribution in [0.2, 0.25) is 0 Å². The molecular weight excluding hydrogens is 274 g/mol. The Bertz CT molecular complexity index is 664. The van der Waals surface area contributed by atoms with Gasteiger partial charge in [0.15, 0.2) is 0 Å². The molecule has 1 aromatic carbocycles. The first-order chi connectivity index (χ1) is 9.36. The summed E-state index contributed by atoms with van der Waals surface area (Å²) in [6, 6.07) is 4.85. The van der Waals surface area contributed by atoms with E-state index in [0.29, 0.717) is 0 Å². The van der Waals surface area contributed by atoms with Crippen molar-refractivity contribution in [1.82, 2.24) is 4.72 Å². The van der Waals surface area contributed by atoms with E-state index in [4.69, 9.17) is 5.11 Å². The number of sulfonamides is 1. The molecule has 1 aliphatic carbocycles. The smallest absolute Gasteiger partial charge is 0.241 e. The van der Waals surface area contributed by atoms with Crippen LogP contribution in [0.25, 0.3) is 0 Å². The highest BCUT2D eigenvalue weighted by Gasteiger charge is 2.36. The molecule has 1 fully saturated rings. The predicted octanol–water partition coefficient (Wildman–Crippen LogP) is 1.56. The van der Waals surface area contributed by atoms with Gasteiger partial charge in [-0.05, 0) is 56.9 Å². The van der Waals surface area contributed by atoms with Crippen molar-refractivity contribution in [2.45, 2.75) is 43.5 Å². The van der Waals surface area contributed by atoms with Gasteiger partial charge in [-0.3, -0.25) is 0 Å². The Kier molecular flexibility index (Phi) is 4.19. The molecular formula is C15H19NO3S. The Hall–Kier alpha value is -1.35. The molecule has 1 aliphatic rings. The minimum absolute atomic E-state index is 0.209. The van der Waals surface area contributed by atoms with Crippen LogP contribution in [0.4, 0.5) is 0 Å². The van der Waals surface area contributed by atoms with Crippen LogP contribution in [0.1, 0.15) is 37.3 Å².